The zero-order valence-electron chi connectivity index (χ0n) is 10.6. The maximum Gasteiger partial charge on any atom is 0.253 e. The molecule has 0 bridgehead atoms. The third kappa shape index (κ3) is 3.09. The lowest BCUT2D eigenvalue weighted by molar-refractivity contribution is 0.0954. The van der Waals surface area contributed by atoms with Gasteiger partial charge in [-0.3, -0.25) is 9.48 Å². The minimum Gasteiger partial charge on any atom is -0.398 e. The van der Waals surface area contributed by atoms with Crippen LogP contribution >= 0.6 is 0 Å². The fourth-order valence-corrected chi connectivity index (χ4v) is 1.77. The molecule has 3 N–H and O–H groups in total. The van der Waals surface area contributed by atoms with Crippen molar-refractivity contribution < 1.29 is 9.18 Å². The summed E-state index contributed by atoms with van der Waals surface area (Å²) in [4.78, 5) is 11.9. The zero-order valence-corrected chi connectivity index (χ0v) is 10.6. The standard InChI is InChI=1S/C13H15FN4O/c1-18-10(5-7-17-18)4-6-16-13(19)11-8-9(14)2-3-12(11)15/h2-3,5,7-8H,4,6,15H2,1H3,(H,16,19). The number of nitrogens with one attached hydrogen (secondary N) is 1. The molecule has 5 nitrogen and oxygen atoms in total. The summed E-state index contributed by atoms with van der Waals surface area (Å²) in [5.41, 5.74) is 7.07. The lowest BCUT2D eigenvalue weighted by atomic mass is 10.1. The summed E-state index contributed by atoms with van der Waals surface area (Å²) in [6.45, 7) is 0.439. The molecular formula is C13H15FN4O. The van der Waals surface area contributed by atoms with Gasteiger partial charge in [-0.25, -0.2) is 4.39 Å². The fraction of sp³-hybridized carbons (Fsp3) is 0.231. The number of nitrogens with two attached hydrogens (primary N) is 1. The summed E-state index contributed by atoms with van der Waals surface area (Å²) in [6.07, 6.45) is 2.35. The van der Waals surface area contributed by atoms with Gasteiger partial charge in [0.1, 0.15) is 5.82 Å². The summed E-state index contributed by atoms with van der Waals surface area (Å²) in [5.74, 6) is -0.856. The van der Waals surface area contributed by atoms with Crippen LogP contribution in [0, 0.1) is 5.82 Å². The van der Waals surface area contributed by atoms with Gasteiger partial charge in [0, 0.05) is 37.6 Å². The SMILES string of the molecule is Cn1nccc1CCNC(=O)c1cc(F)ccc1N. The molecule has 1 heterocycles. The van der Waals surface area contributed by atoms with E-state index in [1.807, 2.05) is 13.1 Å². The summed E-state index contributed by atoms with van der Waals surface area (Å²) in [6, 6.07) is 5.62. The molecule has 2 aromatic rings. The van der Waals surface area contributed by atoms with Crippen molar-refractivity contribution in [3.05, 3.63) is 47.5 Å². The van der Waals surface area contributed by atoms with E-state index in [1.54, 1.807) is 10.9 Å². The Hall–Kier alpha value is -2.37. The number of halogens is 1. The lowest BCUT2D eigenvalue weighted by Gasteiger charge is -2.07. The number of rotatable bonds is 4. The Bertz CT molecular complexity index is 594. The van der Waals surface area contributed by atoms with Crippen LogP contribution in [0.5, 0.6) is 0 Å². The number of aryl methyl sites for hydroxylation is 1. The van der Waals surface area contributed by atoms with Crippen molar-refractivity contribution in [2.75, 3.05) is 12.3 Å². The van der Waals surface area contributed by atoms with Crippen molar-refractivity contribution in [1.82, 2.24) is 15.1 Å². The molecule has 0 saturated carbocycles. The number of nitrogen functional groups attached to an aromatic ring is 1. The Morgan fingerprint density at radius 3 is 2.95 bits per heavy atom. The van der Waals surface area contributed by atoms with Crippen LogP contribution in [0.3, 0.4) is 0 Å². The molecule has 0 saturated heterocycles. The molecule has 2 rings (SSSR count). The molecule has 0 aliphatic rings. The minimum absolute atomic E-state index is 0.157. The highest BCUT2D eigenvalue weighted by Gasteiger charge is 2.10. The highest BCUT2D eigenvalue weighted by molar-refractivity contribution is 5.99. The number of benzene rings is 1. The van der Waals surface area contributed by atoms with Gasteiger partial charge >= 0.3 is 0 Å². The van der Waals surface area contributed by atoms with E-state index in [-0.39, 0.29) is 17.2 Å². The van der Waals surface area contributed by atoms with Crippen molar-refractivity contribution in [3.63, 3.8) is 0 Å². The van der Waals surface area contributed by atoms with Gasteiger partial charge in [0.25, 0.3) is 5.91 Å². The molecule has 1 aromatic heterocycles. The molecule has 0 aliphatic carbocycles. The molecule has 6 heteroatoms. The molecule has 0 spiro atoms. The average Bonchev–Trinajstić information content (AvgIpc) is 2.78. The number of carbonyl (C=O) groups is 1. The summed E-state index contributed by atoms with van der Waals surface area (Å²) >= 11 is 0. The topological polar surface area (TPSA) is 72.9 Å². The average molecular weight is 262 g/mol. The number of aromatic nitrogens is 2. The van der Waals surface area contributed by atoms with E-state index in [2.05, 4.69) is 10.4 Å². The monoisotopic (exact) mass is 262 g/mol. The molecule has 1 amide bonds. The molecular weight excluding hydrogens is 247 g/mol. The van der Waals surface area contributed by atoms with Crippen LogP contribution in [0.25, 0.3) is 0 Å². The van der Waals surface area contributed by atoms with E-state index in [0.29, 0.717) is 13.0 Å². The first-order valence-electron chi connectivity index (χ1n) is 5.88. The van der Waals surface area contributed by atoms with Gasteiger partial charge in [-0.05, 0) is 24.3 Å². The second-order valence-corrected chi connectivity index (χ2v) is 4.18. The van der Waals surface area contributed by atoms with Gasteiger partial charge in [0.15, 0.2) is 0 Å². The molecule has 0 atom stereocenters. The van der Waals surface area contributed by atoms with E-state index >= 15 is 0 Å². The fourth-order valence-electron chi connectivity index (χ4n) is 1.77. The summed E-state index contributed by atoms with van der Waals surface area (Å²) < 4.78 is 14.8. The van der Waals surface area contributed by atoms with Gasteiger partial charge < -0.3 is 11.1 Å². The first-order valence-corrected chi connectivity index (χ1v) is 5.88. The Kier molecular flexibility index (Phi) is 3.79. The Morgan fingerprint density at radius 1 is 1.47 bits per heavy atom. The Morgan fingerprint density at radius 2 is 2.26 bits per heavy atom. The van der Waals surface area contributed by atoms with Crippen LogP contribution in [0.15, 0.2) is 30.5 Å². The van der Waals surface area contributed by atoms with Gasteiger partial charge in [0.05, 0.1) is 5.56 Å². The Balaban J connectivity index is 1.94. The highest BCUT2D eigenvalue weighted by Crippen LogP contribution is 2.12. The normalized spacial score (nSPS) is 10.4. The van der Waals surface area contributed by atoms with Gasteiger partial charge in [-0.2, -0.15) is 5.10 Å². The third-order valence-electron chi connectivity index (χ3n) is 2.85. The van der Waals surface area contributed by atoms with E-state index in [1.165, 1.54) is 12.1 Å². The molecule has 0 fully saturated rings. The number of anilines is 1. The van der Waals surface area contributed by atoms with Crippen LogP contribution in [-0.4, -0.2) is 22.2 Å². The Labute approximate surface area is 110 Å². The van der Waals surface area contributed by atoms with E-state index in [9.17, 15) is 9.18 Å². The van der Waals surface area contributed by atoms with Crippen molar-refractivity contribution in [1.29, 1.82) is 0 Å². The van der Waals surface area contributed by atoms with Crippen LogP contribution in [0.4, 0.5) is 10.1 Å². The van der Waals surface area contributed by atoms with Gasteiger partial charge in [-0.1, -0.05) is 0 Å². The molecule has 0 radical (unpaired) electrons. The molecule has 1 aromatic carbocycles. The third-order valence-corrected chi connectivity index (χ3v) is 2.85. The number of nitrogens with zero attached hydrogens (tertiary/aromatic N) is 2. The highest BCUT2D eigenvalue weighted by atomic mass is 19.1. The molecule has 100 valence electrons. The van der Waals surface area contributed by atoms with Crippen LogP contribution in [-0.2, 0) is 13.5 Å². The number of hydrogen-bond donors (Lipinski definition) is 2. The molecule has 19 heavy (non-hydrogen) atoms. The van der Waals surface area contributed by atoms with Crippen molar-refractivity contribution >= 4 is 11.6 Å². The van der Waals surface area contributed by atoms with Gasteiger partial charge in [-0.15, -0.1) is 0 Å². The largest absolute Gasteiger partial charge is 0.398 e. The maximum atomic E-state index is 13.1. The van der Waals surface area contributed by atoms with Crippen molar-refractivity contribution in [3.8, 4) is 0 Å². The second-order valence-electron chi connectivity index (χ2n) is 4.18. The van der Waals surface area contributed by atoms with Crippen LogP contribution < -0.4 is 11.1 Å². The number of amides is 1. The van der Waals surface area contributed by atoms with Crippen molar-refractivity contribution in [2.24, 2.45) is 7.05 Å². The number of hydrogen-bond acceptors (Lipinski definition) is 3. The minimum atomic E-state index is -0.481. The molecule has 0 unspecified atom stereocenters. The van der Waals surface area contributed by atoms with Crippen LogP contribution in [0.1, 0.15) is 16.1 Å². The van der Waals surface area contributed by atoms with E-state index < -0.39 is 5.82 Å². The zero-order chi connectivity index (χ0) is 13.8. The quantitative estimate of drug-likeness (QED) is 0.811. The summed E-state index contributed by atoms with van der Waals surface area (Å²) in [7, 11) is 1.84. The smallest absolute Gasteiger partial charge is 0.253 e. The van der Waals surface area contributed by atoms with Crippen molar-refractivity contribution in [2.45, 2.75) is 6.42 Å². The first kappa shape index (κ1) is 13.1. The maximum absolute atomic E-state index is 13.1. The lowest BCUT2D eigenvalue weighted by Crippen LogP contribution is -2.27. The first-order chi connectivity index (χ1) is 9.08. The molecule has 0 aliphatic heterocycles. The number of carbonyl (C=O) groups excluding carboxylic acids is 1. The predicted octanol–water partition coefficient (Wildman–Crippen LogP) is 1.11. The predicted molar refractivity (Wildman–Crippen MR) is 70.1 cm³/mol. The van der Waals surface area contributed by atoms with E-state index in [0.717, 1.165) is 11.8 Å². The summed E-state index contributed by atoms with van der Waals surface area (Å²) in [5, 5.41) is 6.74. The van der Waals surface area contributed by atoms with Gasteiger partial charge in [0.2, 0.25) is 0 Å². The van der Waals surface area contributed by atoms with E-state index in [4.69, 9.17) is 5.73 Å². The second kappa shape index (κ2) is 5.51. The van der Waals surface area contributed by atoms with Crippen LogP contribution in [0.2, 0.25) is 0 Å².